The Balaban J connectivity index is 2.29. The van der Waals surface area contributed by atoms with Gasteiger partial charge in [-0.2, -0.15) is 0 Å². The third-order valence-electron chi connectivity index (χ3n) is 2.55. The number of methoxy groups -OCH3 is 1. The average Bonchev–Trinajstić information content (AvgIpc) is 2.39. The molecular formula is C14H12Br2O. The molecule has 0 saturated heterocycles. The van der Waals surface area contributed by atoms with Gasteiger partial charge in [0.15, 0.2) is 0 Å². The molecule has 1 nitrogen and oxygen atoms in total. The Morgan fingerprint density at radius 2 is 1.71 bits per heavy atom. The van der Waals surface area contributed by atoms with Crippen molar-refractivity contribution in [2.45, 2.75) is 4.83 Å². The van der Waals surface area contributed by atoms with Crippen LogP contribution in [0.3, 0.4) is 0 Å². The maximum Gasteiger partial charge on any atom is 0.119 e. The molecule has 2 rings (SSSR count). The van der Waals surface area contributed by atoms with E-state index >= 15 is 0 Å². The molecule has 0 bridgehead atoms. The fourth-order valence-corrected chi connectivity index (χ4v) is 2.48. The van der Waals surface area contributed by atoms with Gasteiger partial charge in [0.1, 0.15) is 5.75 Å². The number of halogens is 2. The van der Waals surface area contributed by atoms with Crippen molar-refractivity contribution in [2.75, 3.05) is 7.11 Å². The minimum Gasteiger partial charge on any atom is -0.497 e. The van der Waals surface area contributed by atoms with E-state index in [9.17, 15) is 0 Å². The van der Waals surface area contributed by atoms with Gasteiger partial charge < -0.3 is 4.74 Å². The van der Waals surface area contributed by atoms with E-state index in [0.29, 0.717) is 0 Å². The molecule has 0 aliphatic rings. The number of alkyl halides is 1. The van der Waals surface area contributed by atoms with Crippen LogP contribution in [0.2, 0.25) is 0 Å². The fourth-order valence-electron chi connectivity index (χ4n) is 1.62. The van der Waals surface area contributed by atoms with E-state index in [0.717, 1.165) is 10.2 Å². The minimum atomic E-state index is 0.186. The highest BCUT2D eigenvalue weighted by Crippen LogP contribution is 2.32. The Bertz CT molecular complexity index is 494. The zero-order chi connectivity index (χ0) is 12.3. The summed E-state index contributed by atoms with van der Waals surface area (Å²) in [5, 5.41) is 0. The summed E-state index contributed by atoms with van der Waals surface area (Å²) in [6.45, 7) is 0. The molecule has 0 N–H and O–H groups in total. The number of rotatable bonds is 3. The van der Waals surface area contributed by atoms with E-state index in [2.05, 4.69) is 50.1 Å². The zero-order valence-electron chi connectivity index (χ0n) is 9.36. The first-order valence-corrected chi connectivity index (χ1v) is 6.95. The van der Waals surface area contributed by atoms with Gasteiger partial charge in [-0.3, -0.25) is 0 Å². The summed E-state index contributed by atoms with van der Waals surface area (Å²) in [7, 11) is 1.68. The Kier molecular flexibility index (Phi) is 4.24. The monoisotopic (exact) mass is 354 g/mol. The molecule has 1 atom stereocenters. The minimum absolute atomic E-state index is 0.186. The largest absolute Gasteiger partial charge is 0.497 e. The van der Waals surface area contributed by atoms with Crippen LogP contribution in [-0.2, 0) is 0 Å². The van der Waals surface area contributed by atoms with E-state index in [-0.39, 0.29) is 4.83 Å². The lowest BCUT2D eigenvalue weighted by Gasteiger charge is -2.12. The van der Waals surface area contributed by atoms with Gasteiger partial charge in [0.2, 0.25) is 0 Å². The molecule has 3 heteroatoms. The summed E-state index contributed by atoms with van der Waals surface area (Å²) < 4.78 is 6.32. The molecule has 0 radical (unpaired) electrons. The van der Waals surface area contributed by atoms with Crippen LogP contribution in [0.15, 0.2) is 53.0 Å². The lowest BCUT2D eigenvalue weighted by molar-refractivity contribution is 0.414. The van der Waals surface area contributed by atoms with Crippen LogP contribution in [0, 0.1) is 0 Å². The predicted octanol–water partition coefficient (Wildman–Crippen LogP) is 4.94. The molecule has 0 aliphatic heterocycles. The van der Waals surface area contributed by atoms with Crippen LogP contribution in [0.1, 0.15) is 16.0 Å². The second-order valence-electron chi connectivity index (χ2n) is 3.69. The smallest absolute Gasteiger partial charge is 0.119 e. The molecule has 0 aromatic heterocycles. The topological polar surface area (TPSA) is 9.23 Å². The Labute approximate surface area is 118 Å². The van der Waals surface area contributed by atoms with Crippen molar-refractivity contribution in [3.63, 3.8) is 0 Å². The van der Waals surface area contributed by atoms with E-state index in [1.54, 1.807) is 7.11 Å². The molecule has 0 fully saturated rings. The third-order valence-corrected chi connectivity index (χ3v) is 4.14. The van der Waals surface area contributed by atoms with E-state index in [1.807, 2.05) is 30.3 Å². The van der Waals surface area contributed by atoms with Crippen LogP contribution < -0.4 is 4.74 Å². The van der Waals surface area contributed by atoms with Crippen molar-refractivity contribution in [1.29, 1.82) is 0 Å². The van der Waals surface area contributed by atoms with E-state index < -0.39 is 0 Å². The highest BCUT2D eigenvalue weighted by atomic mass is 79.9. The van der Waals surface area contributed by atoms with Gasteiger partial charge in [0, 0.05) is 4.47 Å². The van der Waals surface area contributed by atoms with Crippen molar-refractivity contribution < 1.29 is 4.74 Å². The molecule has 88 valence electrons. The molecular weight excluding hydrogens is 344 g/mol. The Morgan fingerprint density at radius 3 is 2.35 bits per heavy atom. The average molecular weight is 356 g/mol. The summed E-state index contributed by atoms with van der Waals surface area (Å²) in [4.78, 5) is 0.186. The number of ether oxygens (including phenoxy) is 1. The highest BCUT2D eigenvalue weighted by molar-refractivity contribution is 9.10. The van der Waals surface area contributed by atoms with Gasteiger partial charge >= 0.3 is 0 Å². The summed E-state index contributed by atoms with van der Waals surface area (Å²) in [5.74, 6) is 0.879. The van der Waals surface area contributed by atoms with Gasteiger partial charge in [-0.05, 0) is 35.4 Å². The molecule has 1 unspecified atom stereocenters. The summed E-state index contributed by atoms with van der Waals surface area (Å²) in [6.07, 6.45) is 0. The fraction of sp³-hybridized carbons (Fsp3) is 0.143. The van der Waals surface area contributed by atoms with Crippen LogP contribution in [0.25, 0.3) is 0 Å². The second kappa shape index (κ2) is 5.69. The van der Waals surface area contributed by atoms with Gasteiger partial charge in [-0.1, -0.05) is 56.1 Å². The first-order chi connectivity index (χ1) is 8.20. The molecule has 0 amide bonds. The molecule has 0 spiro atoms. The van der Waals surface area contributed by atoms with E-state index in [1.165, 1.54) is 11.1 Å². The Hall–Kier alpha value is -0.800. The number of hydrogen-bond acceptors (Lipinski definition) is 1. The first kappa shape index (κ1) is 12.7. The van der Waals surface area contributed by atoms with Crippen molar-refractivity contribution in [2.24, 2.45) is 0 Å². The number of hydrogen-bond donors (Lipinski definition) is 0. The summed E-state index contributed by atoms with van der Waals surface area (Å²) >= 11 is 7.15. The third kappa shape index (κ3) is 3.11. The normalized spacial score (nSPS) is 12.2. The molecule has 0 saturated carbocycles. The first-order valence-electron chi connectivity index (χ1n) is 5.24. The highest BCUT2D eigenvalue weighted by Gasteiger charge is 2.10. The standard InChI is InChI=1S/C14H12Br2O/c1-17-13-4-2-3-11(9-13)14(16)10-5-7-12(15)8-6-10/h2-9,14H,1H3. The predicted molar refractivity (Wildman–Crippen MR) is 77.9 cm³/mol. The van der Waals surface area contributed by atoms with Gasteiger partial charge in [-0.15, -0.1) is 0 Å². The summed E-state index contributed by atoms with van der Waals surface area (Å²) in [5.41, 5.74) is 2.41. The quantitative estimate of drug-likeness (QED) is 0.708. The lowest BCUT2D eigenvalue weighted by Crippen LogP contribution is -1.93. The van der Waals surface area contributed by atoms with Crippen LogP contribution in [0.4, 0.5) is 0 Å². The molecule has 17 heavy (non-hydrogen) atoms. The second-order valence-corrected chi connectivity index (χ2v) is 5.52. The van der Waals surface area contributed by atoms with Gasteiger partial charge in [-0.25, -0.2) is 0 Å². The lowest BCUT2D eigenvalue weighted by atomic mass is 10.0. The molecule has 2 aromatic rings. The van der Waals surface area contributed by atoms with Gasteiger partial charge in [0.25, 0.3) is 0 Å². The number of benzene rings is 2. The summed E-state index contributed by atoms with van der Waals surface area (Å²) in [6, 6.07) is 16.4. The molecule has 2 aromatic carbocycles. The van der Waals surface area contributed by atoms with Crippen molar-refractivity contribution in [1.82, 2.24) is 0 Å². The molecule has 0 heterocycles. The van der Waals surface area contributed by atoms with E-state index in [4.69, 9.17) is 4.74 Å². The van der Waals surface area contributed by atoms with Crippen LogP contribution >= 0.6 is 31.9 Å². The SMILES string of the molecule is COc1cccc(C(Br)c2ccc(Br)cc2)c1. The maximum atomic E-state index is 5.23. The zero-order valence-corrected chi connectivity index (χ0v) is 12.5. The Morgan fingerprint density at radius 1 is 1.00 bits per heavy atom. The maximum absolute atomic E-state index is 5.23. The van der Waals surface area contributed by atoms with Crippen LogP contribution in [-0.4, -0.2) is 7.11 Å². The van der Waals surface area contributed by atoms with Gasteiger partial charge in [0.05, 0.1) is 11.9 Å². The van der Waals surface area contributed by atoms with Crippen molar-refractivity contribution >= 4 is 31.9 Å². The molecule has 0 aliphatic carbocycles. The van der Waals surface area contributed by atoms with Crippen molar-refractivity contribution in [3.05, 3.63) is 64.1 Å². The van der Waals surface area contributed by atoms with Crippen molar-refractivity contribution in [3.8, 4) is 5.75 Å². The van der Waals surface area contributed by atoms with Crippen LogP contribution in [0.5, 0.6) is 5.75 Å².